The Morgan fingerprint density at radius 3 is 2.94 bits per heavy atom. The molecule has 2 aromatic rings. The van der Waals surface area contributed by atoms with Crippen LogP contribution in [0.15, 0.2) is 4.79 Å². The number of hydrogen-bond donors (Lipinski definition) is 1. The van der Waals surface area contributed by atoms with Crippen molar-refractivity contribution in [3.63, 3.8) is 0 Å². The lowest BCUT2D eigenvalue weighted by molar-refractivity contribution is 1.00. The van der Waals surface area contributed by atoms with E-state index in [4.69, 9.17) is 5.26 Å². The van der Waals surface area contributed by atoms with Crippen LogP contribution in [0.25, 0.3) is 10.2 Å². The summed E-state index contributed by atoms with van der Waals surface area (Å²) < 4.78 is 0. The second-order valence-corrected chi connectivity index (χ2v) is 4.72. The van der Waals surface area contributed by atoms with Crippen molar-refractivity contribution in [2.75, 3.05) is 0 Å². The number of aromatic amines is 1. The van der Waals surface area contributed by atoms with Gasteiger partial charge in [0, 0.05) is 4.88 Å². The van der Waals surface area contributed by atoms with Crippen molar-refractivity contribution in [3.05, 3.63) is 26.6 Å². The number of aryl methyl sites for hydroxylation is 2. The molecule has 0 bridgehead atoms. The van der Waals surface area contributed by atoms with Crippen molar-refractivity contribution in [1.82, 2.24) is 9.97 Å². The predicted octanol–water partition coefficient (Wildman–Crippen LogP) is 1.92. The number of thiophene rings is 1. The van der Waals surface area contributed by atoms with Gasteiger partial charge in [0.1, 0.15) is 10.7 Å². The molecule has 0 aliphatic carbocycles. The predicted molar refractivity (Wildman–Crippen MR) is 63.7 cm³/mol. The highest BCUT2D eigenvalue weighted by atomic mass is 32.1. The average Bonchev–Trinajstić information content (AvgIpc) is 2.54. The van der Waals surface area contributed by atoms with Gasteiger partial charge in [0.15, 0.2) is 0 Å². The van der Waals surface area contributed by atoms with E-state index < -0.39 is 0 Å². The molecule has 0 atom stereocenters. The highest BCUT2D eigenvalue weighted by Crippen LogP contribution is 2.26. The van der Waals surface area contributed by atoms with Crippen LogP contribution in [0.2, 0.25) is 0 Å². The second-order valence-electron chi connectivity index (χ2n) is 3.52. The minimum absolute atomic E-state index is 0.128. The maximum atomic E-state index is 11.9. The SMILES string of the molecule is CCc1c(C)sc2nc(CC#N)[nH]c(=O)c12. The molecule has 0 radical (unpaired) electrons. The zero-order valence-electron chi connectivity index (χ0n) is 9.13. The van der Waals surface area contributed by atoms with Crippen molar-refractivity contribution < 1.29 is 0 Å². The Kier molecular flexibility index (Phi) is 2.75. The van der Waals surface area contributed by atoms with Crippen molar-refractivity contribution in [2.24, 2.45) is 0 Å². The fourth-order valence-corrected chi connectivity index (χ4v) is 2.94. The molecule has 0 spiro atoms. The number of rotatable bonds is 2. The number of nitriles is 1. The van der Waals surface area contributed by atoms with Gasteiger partial charge in [-0.2, -0.15) is 5.26 Å². The van der Waals surface area contributed by atoms with E-state index in [1.807, 2.05) is 19.9 Å². The highest BCUT2D eigenvalue weighted by Gasteiger charge is 2.13. The Hall–Kier alpha value is -1.67. The van der Waals surface area contributed by atoms with Crippen LogP contribution in [0.5, 0.6) is 0 Å². The smallest absolute Gasteiger partial charge is 0.259 e. The summed E-state index contributed by atoms with van der Waals surface area (Å²) in [6.07, 6.45) is 0.970. The van der Waals surface area contributed by atoms with E-state index in [9.17, 15) is 4.79 Å². The molecule has 2 heterocycles. The molecule has 5 heteroatoms. The van der Waals surface area contributed by atoms with E-state index >= 15 is 0 Å². The van der Waals surface area contributed by atoms with E-state index in [1.165, 1.54) is 11.3 Å². The summed E-state index contributed by atoms with van der Waals surface area (Å²) in [5, 5.41) is 9.27. The Labute approximate surface area is 96.6 Å². The third kappa shape index (κ3) is 1.61. The quantitative estimate of drug-likeness (QED) is 0.861. The number of nitrogens with one attached hydrogen (secondary N) is 1. The topological polar surface area (TPSA) is 69.5 Å². The fourth-order valence-electron chi connectivity index (χ4n) is 1.80. The fraction of sp³-hybridized carbons (Fsp3) is 0.364. The van der Waals surface area contributed by atoms with Gasteiger partial charge in [-0.05, 0) is 18.9 Å². The van der Waals surface area contributed by atoms with E-state index in [1.54, 1.807) is 0 Å². The standard InChI is InChI=1S/C11H11N3OS/c1-3-7-6(2)16-11-9(7)10(15)13-8(14-11)4-5-12/h3-4H2,1-2H3,(H,13,14,15). The van der Waals surface area contributed by atoms with Gasteiger partial charge in [0.2, 0.25) is 0 Å². The summed E-state index contributed by atoms with van der Waals surface area (Å²) >= 11 is 1.52. The van der Waals surface area contributed by atoms with Crippen LogP contribution in [-0.2, 0) is 12.8 Å². The maximum absolute atomic E-state index is 11.9. The first-order valence-electron chi connectivity index (χ1n) is 5.05. The molecule has 0 saturated carbocycles. The molecule has 16 heavy (non-hydrogen) atoms. The summed E-state index contributed by atoms with van der Waals surface area (Å²) in [4.78, 5) is 20.7. The van der Waals surface area contributed by atoms with Crippen LogP contribution in [0, 0.1) is 18.3 Å². The van der Waals surface area contributed by atoms with Crippen molar-refractivity contribution in [3.8, 4) is 6.07 Å². The molecule has 0 unspecified atom stereocenters. The molecule has 0 aliphatic rings. The van der Waals surface area contributed by atoms with Gasteiger partial charge < -0.3 is 4.98 Å². The van der Waals surface area contributed by atoms with Gasteiger partial charge in [-0.25, -0.2) is 4.98 Å². The molecule has 0 fully saturated rings. The zero-order valence-corrected chi connectivity index (χ0v) is 9.94. The minimum atomic E-state index is -0.128. The van der Waals surface area contributed by atoms with Crippen LogP contribution in [-0.4, -0.2) is 9.97 Å². The first-order valence-corrected chi connectivity index (χ1v) is 5.87. The summed E-state index contributed by atoms with van der Waals surface area (Å²) in [5.74, 6) is 0.448. The third-order valence-electron chi connectivity index (χ3n) is 2.51. The molecule has 0 aromatic carbocycles. The number of aromatic nitrogens is 2. The first-order chi connectivity index (χ1) is 7.67. The lowest BCUT2D eigenvalue weighted by Crippen LogP contribution is -2.11. The van der Waals surface area contributed by atoms with Gasteiger partial charge in [-0.3, -0.25) is 4.79 Å². The molecular formula is C11H11N3OS. The van der Waals surface area contributed by atoms with Crippen molar-refractivity contribution >= 4 is 21.6 Å². The normalized spacial score (nSPS) is 10.6. The molecule has 82 valence electrons. The number of fused-ring (bicyclic) bond motifs is 1. The summed E-state index contributed by atoms with van der Waals surface area (Å²) in [5.41, 5.74) is 0.939. The van der Waals surface area contributed by atoms with E-state index in [0.717, 1.165) is 21.7 Å². The maximum Gasteiger partial charge on any atom is 0.259 e. The monoisotopic (exact) mass is 233 g/mol. The van der Waals surface area contributed by atoms with Crippen molar-refractivity contribution in [2.45, 2.75) is 26.7 Å². The molecule has 0 aliphatic heterocycles. The summed E-state index contributed by atoms with van der Waals surface area (Å²) in [6.45, 7) is 4.02. The Morgan fingerprint density at radius 1 is 1.56 bits per heavy atom. The molecule has 1 N–H and O–H groups in total. The number of H-pyrrole nitrogens is 1. The van der Waals surface area contributed by atoms with Crippen molar-refractivity contribution in [1.29, 1.82) is 5.26 Å². The minimum Gasteiger partial charge on any atom is -0.309 e. The molecule has 2 rings (SSSR count). The Bertz CT molecular complexity index is 633. The van der Waals surface area contributed by atoms with Gasteiger partial charge in [0.25, 0.3) is 5.56 Å². The largest absolute Gasteiger partial charge is 0.309 e. The lowest BCUT2D eigenvalue weighted by atomic mass is 10.1. The highest BCUT2D eigenvalue weighted by molar-refractivity contribution is 7.18. The Morgan fingerprint density at radius 2 is 2.31 bits per heavy atom. The van der Waals surface area contributed by atoms with Crippen LogP contribution < -0.4 is 5.56 Å². The second kappa shape index (κ2) is 4.06. The van der Waals surface area contributed by atoms with Gasteiger partial charge in [-0.15, -0.1) is 11.3 Å². The average molecular weight is 233 g/mol. The van der Waals surface area contributed by atoms with Gasteiger partial charge >= 0.3 is 0 Å². The molecule has 4 nitrogen and oxygen atoms in total. The van der Waals surface area contributed by atoms with Crippen LogP contribution in [0.3, 0.4) is 0 Å². The van der Waals surface area contributed by atoms with E-state index in [0.29, 0.717) is 11.2 Å². The number of nitrogens with zero attached hydrogens (tertiary/aromatic N) is 2. The number of hydrogen-bond acceptors (Lipinski definition) is 4. The van der Waals surface area contributed by atoms with Gasteiger partial charge in [0.05, 0.1) is 17.9 Å². The summed E-state index contributed by atoms with van der Waals surface area (Å²) in [7, 11) is 0. The van der Waals surface area contributed by atoms with Crippen LogP contribution in [0.4, 0.5) is 0 Å². The molecule has 2 aromatic heterocycles. The molecular weight excluding hydrogens is 222 g/mol. The zero-order chi connectivity index (χ0) is 11.7. The molecule has 0 amide bonds. The molecule has 0 saturated heterocycles. The first kappa shape index (κ1) is 10.8. The van der Waals surface area contributed by atoms with Gasteiger partial charge in [-0.1, -0.05) is 6.92 Å². The Balaban J connectivity index is 2.77. The van der Waals surface area contributed by atoms with E-state index in [-0.39, 0.29) is 12.0 Å². The van der Waals surface area contributed by atoms with Crippen LogP contribution in [0.1, 0.15) is 23.2 Å². The third-order valence-corrected chi connectivity index (χ3v) is 3.55. The van der Waals surface area contributed by atoms with E-state index in [2.05, 4.69) is 9.97 Å². The summed E-state index contributed by atoms with van der Waals surface area (Å²) in [6, 6.07) is 1.98. The van der Waals surface area contributed by atoms with Crippen LogP contribution >= 0.6 is 11.3 Å². The lowest BCUT2D eigenvalue weighted by Gasteiger charge is -1.96.